The van der Waals surface area contributed by atoms with E-state index in [1.54, 1.807) is 0 Å². The largest absolute Gasteiger partial charge is 0.643 e. The van der Waals surface area contributed by atoms with Gasteiger partial charge in [0.25, 0.3) is 0 Å². The van der Waals surface area contributed by atoms with E-state index in [9.17, 15) is 8.78 Å². The highest BCUT2D eigenvalue weighted by molar-refractivity contribution is 9.10. The molecule has 0 amide bonds. The van der Waals surface area contributed by atoms with Gasteiger partial charge >= 0.3 is 11.4 Å². The van der Waals surface area contributed by atoms with Crippen LogP contribution in [0.3, 0.4) is 0 Å². The van der Waals surface area contributed by atoms with E-state index in [1.165, 1.54) is 16.4 Å². The Morgan fingerprint density at radius 2 is 1.86 bits per heavy atom. The van der Waals surface area contributed by atoms with Gasteiger partial charge in [-0.1, -0.05) is 33.8 Å². The number of halogens is 6. The predicted octanol–water partition coefficient (Wildman–Crippen LogP) is 6.47. The van der Waals surface area contributed by atoms with Gasteiger partial charge in [0.2, 0.25) is 0 Å². The zero-order valence-electron chi connectivity index (χ0n) is 14.5. The van der Waals surface area contributed by atoms with Gasteiger partial charge in [0.05, 0.1) is 5.69 Å². The summed E-state index contributed by atoms with van der Waals surface area (Å²) >= 11 is 3.15. The van der Waals surface area contributed by atoms with Crippen molar-refractivity contribution in [2.24, 2.45) is 0 Å². The molecule has 3 aromatic rings. The predicted molar refractivity (Wildman–Crippen MR) is 118 cm³/mol. The van der Waals surface area contributed by atoms with Crippen LogP contribution in [0.1, 0.15) is 5.69 Å². The van der Waals surface area contributed by atoms with Gasteiger partial charge in [-0.2, -0.15) is 5.10 Å². The lowest BCUT2D eigenvalue weighted by Gasteiger charge is -2.08. The van der Waals surface area contributed by atoms with E-state index in [2.05, 4.69) is 26.3 Å². The third kappa shape index (κ3) is 7.51. The van der Waals surface area contributed by atoms with Crippen molar-refractivity contribution >= 4 is 69.2 Å². The molecule has 1 N–H and O–H groups in total. The van der Waals surface area contributed by atoms with Crippen molar-refractivity contribution in [2.45, 2.75) is 16.5 Å². The fourth-order valence-electron chi connectivity index (χ4n) is 2.22. The molecule has 0 aliphatic carbocycles. The van der Waals surface area contributed by atoms with Gasteiger partial charge in [0, 0.05) is 22.0 Å². The average molecular weight is 544 g/mol. The minimum atomic E-state index is -1.72. The summed E-state index contributed by atoms with van der Waals surface area (Å²) in [5.41, 5.74) is 0.841. The lowest BCUT2D eigenvalue weighted by molar-refractivity contribution is 0.579. The Bertz CT molecular complexity index is 928. The Labute approximate surface area is 191 Å². The maximum absolute atomic E-state index is 14.2. The summed E-state index contributed by atoms with van der Waals surface area (Å²) < 4.78 is 30.1. The summed E-state index contributed by atoms with van der Waals surface area (Å²) in [7, 11) is 16.6. The Kier molecular flexibility index (Phi) is 10.1. The fourth-order valence-corrected chi connectivity index (χ4v) is 3.77. The standard InChI is InChI=1S/C17H14BrF2N3S.Al.3ClH/c1-21-10-13-9-17(24-14-4-2-3-11(18)7-14)23(22-13)16-8-12(19)5-6-15(16)20;;;;/h2-9,21H,10H2,1H3;;3*1H/q;+3;;;/p-3. The Balaban J connectivity index is 0.000000640. The Morgan fingerprint density at radius 3 is 2.50 bits per heavy atom. The molecule has 2 aromatic carbocycles. The van der Waals surface area contributed by atoms with E-state index in [0.717, 1.165) is 33.3 Å². The molecular formula is C17H14AlBrCl3F2N3S. The minimum Gasteiger partial charge on any atom is -0.314 e. The zero-order chi connectivity index (χ0) is 20.7. The zero-order valence-corrected chi connectivity index (χ0v) is 20.3. The summed E-state index contributed by atoms with van der Waals surface area (Å²) in [6.45, 7) is 0.538. The molecule has 11 heteroatoms. The third-order valence-electron chi connectivity index (χ3n) is 3.24. The lowest BCUT2D eigenvalue weighted by atomic mass is 10.3. The van der Waals surface area contributed by atoms with Crippen LogP contribution in [0, 0.1) is 11.6 Å². The molecule has 3 rings (SSSR count). The lowest BCUT2D eigenvalue weighted by Crippen LogP contribution is -2.07. The third-order valence-corrected chi connectivity index (χ3v) is 4.72. The van der Waals surface area contributed by atoms with E-state index in [-0.39, 0.29) is 5.69 Å². The second kappa shape index (κ2) is 11.8. The highest BCUT2D eigenvalue weighted by Gasteiger charge is 2.15. The first-order valence-electron chi connectivity index (χ1n) is 7.84. The minimum absolute atomic E-state index is 0.0925. The molecule has 0 atom stereocenters. The van der Waals surface area contributed by atoms with Crippen LogP contribution in [0.2, 0.25) is 0 Å². The molecule has 1 aromatic heterocycles. The van der Waals surface area contributed by atoms with Crippen LogP contribution in [0.15, 0.2) is 62.9 Å². The summed E-state index contributed by atoms with van der Waals surface area (Å²) in [6, 6.07) is 13.0. The van der Waals surface area contributed by atoms with Crippen molar-refractivity contribution in [3.63, 3.8) is 0 Å². The quantitative estimate of drug-likeness (QED) is 0.374. The molecule has 0 bridgehead atoms. The molecule has 0 saturated carbocycles. The highest BCUT2D eigenvalue weighted by Crippen LogP contribution is 2.32. The molecule has 1 heterocycles. The number of aromatic nitrogens is 2. The van der Waals surface area contributed by atoms with Crippen molar-refractivity contribution in [2.75, 3.05) is 7.05 Å². The van der Waals surface area contributed by atoms with Gasteiger partial charge in [0.1, 0.15) is 22.3 Å². The number of rotatable bonds is 5. The van der Waals surface area contributed by atoms with Crippen LogP contribution >= 0.6 is 57.8 Å². The summed E-state index contributed by atoms with van der Waals surface area (Å²) in [4.78, 5) is 0.971. The maximum Gasteiger partial charge on any atom is 0.643 e. The topological polar surface area (TPSA) is 29.9 Å². The summed E-state index contributed by atoms with van der Waals surface area (Å²) in [6.07, 6.45) is 0. The Hall–Kier alpha value is -0.298. The van der Waals surface area contributed by atoms with E-state index in [4.69, 9.17) is 30.1 Å². The second-order valence-electron chi connectivity index (χ2n) is 5.32. The number of benzene rings is 2. The Morgan fingerprint density at radius 1 is 1.14 bits per heavy atom. The van der Waals surface area contributed by atoms with E-state index in [0.29, 0.717) is 11.6 Å². The van der Waals surface area contributed by atoms with Gasteiger partial charge < -0.3 is 5.32 Å². The van der Waals surface area contributed by atoms with Crippen molar-refractivity contribution in [3.05, 3.63) is 70.3 Å². The molecule has 0 saturated heterocycles. The summed E-state index contributed by atoms with van der Waals surface area (Å²) in [5, 5.41) is 8.13. The molecule has 0 aliphatic heterocycles. The second-order valence-corrected chi connectivity index (χ2v) is 13.8. The van der Waals surface area contributed by atoms with Gasteiger partial charge in [0.15, 0.2) is 0 Å². The van der Waals surface area contributed by atoms with Crippen LogP contribution in [0.5, 0.6) is 0 Å². The van der Waals surface area contributed by atoms with Crippen molar-refractivity contribution in [3.8, 4) is 5.69 Å². The molecular weight excluding hydrogens is 530 g/mol. The monoisotopic (exact) mass is 541 g/mol. The highest BCUT2D eigenvalue weighted by atomic mass is 79.9. The van der Waals surface area contributed by atoms with Gasteiger partial charge in [-0.05, 0) is 43.4 Å². The van der Waals surface area contributed by atoms with E-state index >= 15 is 0 Å². The van der Waals surface area contributed by atoms with Crippen LogP contribution < -0.4 is 5.32 Å². The van der Waals surface area contributed by atoms with Gasteiger partial charge in [-0.15, -0.1) is 0 Å². The van der Waals surface area contributed by atoms with Crippen LogP contribution in [0.4, 0.5) is 8.78 Å². The number of hydrogen-bond donors (Lipinski definition) is 1. The summed E-state index contributed by atoms with van der Waals surface area (Å²) in [5.74, 6) is -1.03. The first kappa shape index (κ1) is 24.0. The average Bonchev–Trinajstić information content (AvgIpc) is 2.99. The number of nitrogens with zero attached hydrogens (tertiary/aromatic N) is 2. The molecule has 148 valence electrons. The fraction of sp³-hybridized carbons (Fsp3) is 0.118. The smallest absolute Gasteiger partial charge is 0.314 e. The van der Waals surface area contributed by atoms with Crippen LogP contribution in [-0.4, -0.2) is 28.2 Å². The molecule has 0 unspecified atom stereocenters. The van der Waals surface area contributed by atoms with Crippen molar-refractivity contribution in [1.29, 1.82) is 0 Å². The van der Waals surface area contributed by atoms with Crippen LogP contribution in [-0.2, 0) is 6.54 Å². The molecule has 0 radical (unpaired) electrons. The molecule has 0 spiro atoms. The SMILES string of the molecule is CNCc1cc(Sc2cccc(Br)c2)n(-c2cc(F)ccc2F)n1.[Cl][Al]([Cl])[Cl]. The molecule has 0 fully saturated rings. The molecule has 3 nitrogen and oxygen atoms in total. The van der Waals surface area contributed by atoms with Crippen molar-refractivity contribution in [1.82, 2.24) is 15.1 Å². The van der Waals surface area contributed by atoms with E-state index < -0.39 is 23.0 Å². The van der Waals surface area contributed by atoms with Gasteiger partial charge in [-0.25, -0.2) is 43.6 Å². The number of nitrogens with one attached hydrogen (secondary N) is 1. The van der Waals surface area contributed by atoms with Crippen molar-refractivity contribution < 1.29 is 8.78 Å². The van der Waals surface area contributed by atoms with Crippen LogP contribution in [0.25, 0.3) is 5.69 Å². The van der Waals surface area contributed by atoms with E-state index in [1.807, 2.05) is 37.4 Å². The molecule has 28 heavy (non-hydrogen) atoms. The number of hydrogen-bond acceptors (Lipinski definition) is 3. The van der Waals surface area contributed by atoms with Gasteiger partial charge in [-0.3, -0.25) is 0 Å². The maximum atomic E-state index is 14.2. The molecule has 0 aliphatic rings. The first-order valence-corrected chi connectivity index (χ1v) is 14.7. The normalized spacial score (nSPS) is 10.4. The first-order chi connectivity index (χ1) is 13.3.